The van der Waals surface area contributed by atoms with Crippen LogP contribution in [0.5, 0.6) is 0 Å². The molecule has 0 unspecified atom stereocenters. The summed E-state index contributed by atoms with van der Waals surface area (Å²) in [5.41, 5.74) is 2.07. The van der Waals surface area contributed by atoms with Gasteiger partial charge in [-0.25, -0.2) is 4.98 Å². The molecule has 1 aromatic heterocycles. The van der Waals surface area contributed by atoms with Gasteiger partial charge in [-0.2, -0.15) is 0 Å². The van der Waals surface area contributed by atoms with Crippen LogP contribution in [0.15, 0.2) is 34.7 Å². The lowest BCUT2D eigenvalue weighted by Crippen LogP contribution is -2.11. The van der Waals surface area contributed by atoms with Gasteiger partial charge in [0.2, 0.25) is 0 Å². The van der Waals surface area contributed by atoms with Gasteiger partial charge in [0.1, 0.15) is 11.5 Å². The van der Waals surface area contributed by atoms with Crippen molar-refractivity contribution in [2.75, 3.05) is 0 Å². The van der Waals surface area contributed by atoms with Crippen molar-refractivity contribution in [3.05, 3.63) is 42.0 Å². The standard InChI is InChI=1S/C16H21NO/c1-11(2)15-17-13(12-9-7-6-8-10-12)14(18-15)16(3,4)5/h6-11H,1-5H3. The maximum atomic E-state index is 5.98. The largest absolute Gasteiger partial charge is 0.444 e. The summed E-state index contributed by atoms with van der Waals surface area (Å²) in [7, 11) is 0. The van der Waals surface area contributed by atoms with Gasteiger partial charge in [-0.05, 0) is 0 Å². The minimum atomic E-state index is -0.0364. The van der Waals surface area contributed by atoms with Crippen molar-refractivity contribution in [1.82, 2.24) is 4.98 Å². The first-order chi connectivity index (χ1) is 8.39. The topological polar surface area (TPSA) is 26.0 Å². The number of rotatable bonds is 2. The van der Waals surface area contributed by atoms with E-state index < -0.39 is 0 Å². The van der Waals surface area contributed by atoms with E-state index in [0.717, 1.165) is 22.9 Å². The van der Waals surface area contributed by atoms with Crippen molar-refractivity contribution >= 4 is 0 Å². The van der Waals surface area contributed by atoms with E-state index in [1.807, 2.05) is 18.2 Å². The summed E-state index contributed by atoms with van der Waals surface area (Å²) in [5.74, 6) is 2.10. The molecule has 0 aliphatic carbocycles. The molecule has 2 heteroatoms. The van der Waals surface area contributed by atoms with Crippen LogP contribution in [0, 0.1) is 0 Å². The number of nitrogens with zero attached hydrogens (tertiary/aromatic N) is 1. The van der Waals surface area contributed by atoms with Gasteiger partial charge < -0.3 is 4.42 Å². The Kier molecular flexibility index (Phi) is 3.29. The van der Waals surface area contributed by atoms with Crippen molar-refractivity contribution in [3.63, 3.8) is 0 Å². The van der Waals surface area contributed by atoms with Gasteiger partial charge in [-0.1, -0.05) is 65.0 Å². The Balaban J connectivity index is 2.59. The third-order valence-corrected chi connectivity index (χ3v) is 2.87. The van der Waals surface area contributed by atoms with Crippen LogP contribution in [0.25, 0.3) is 11.3 Å². The molecule has 0 fully saturated rings. The lowest BCUT2D eigenvalue weighted by Gasteiger charge is -2.16. The van der Waals surface area contributed by atoms with Crippen LogP contribution >= 0.6 is 0 Å². The normalized spacial score (nSPS) is 12.1. The molecule has 18 heavy (non-hydrogen) atoms. The van der Waals surface area contributed by atoms with E-state index >= 15 is 0 Å². The van der Waals surface area contributed by atoms with Gasteiger partial charge in [0.15, 0.2) is 5.89 Å². The van der Waals surface area contributed by atoms with Crippen molar-refractivity contribution in [1.29, 1.82) is 0 Å². The number of aromatic nitrogens is 1. The molecule has 0 saturated carbocycles. The molecule has 1 heterocycles. The van der Waals surface area contributed by atoms with Crippen molar-refractivity contribution < 1.29 is 4.42 Å². The molecule has 0 bridgehead atoms. The predicted octanol–water partition coefficient (Wildman–Crippen LogP) is 4.76. The van der Waals surface area contributed by atoms with E-state index in [-0.39, 0.29) is 5.41 Å². The Bertz CT molecular complexity index is 518. The molecule has 0 spiro atoms. The van der Waals surface area contributed by atoms with Crippen LogP contribution in [0.1, 0.15) is 52.2 Å². The highest BCUT2D eigenvalue weighted by Gasteiger charge is 2.26. The van der Waals surface area contributed by atoms with Crippen molar-refractivity contribution in [3.8, 4) is 11.3 Å². The van der Waals surface area contributed by atoms with E-state index in [4.69, 9.17) is 4.42 Å². The highest BCUT2D eigenvalue weighted by Crippen LogP contribution is 2.34. The smallest absolute Gasteiger partial charge is 0.197 e. The SMILES string of the molecule is CC(C)c1nc(-c2ccccc2)c(C(C)(C)C)o1. The van der Waals surface area contributed by atoms with Gasteiger partial charge >= 0.3 is 0 Å². The molecular weight excluding hydrogens is 222 g/mol. The zero-order chi connectivity index (χ0) is 13.3. The van der Waals surface area contributed by atoms with Gasteiger partial charge in [0.25, 0.3) is 0 Å². The molecule has 0 aliphatic heterocycles. The Morgan fingerprint density at radius 1 is 1.06 bits per heavy atom. The lowest BCUT2D eigenvalue weighted by molar-refractivity contribution is 0.373. The number of hydrogen-bond donors (Lipinski definition) is 0. The van der Waals surface area contributed by atoms with Crippen molar-refractivity contribution in [2.45, 2.75) is 46.0 Å². The fraction of sp³-hybridized carbons (Fsp3) is 0.438. The maximum Gasteiger partial charge on any atom is 0.197 e. The van der Waals surface area contributed by atoms with Crippen LogP contribution in [0.3, 0.4) is 0 Å². The summed E-state index contributed by atoms with van der Waals surface area (Å²) in [6.45, 7) is 10.7. The number of benzene rings is 1. The first kappa shape index (κ1) is 12.9. The predicted molar refractivity (Wildman–Crippen MR) is 74.7 cm³/mol. The van der Waals surface area contributed by atoms with Gasteiger partial charge in [-0.3, -0.25) is 0 Å². The van der Waals surface area contributed by atoms with E-state index in [0.29, 0.717) is 5.92 Å². The van der Waals surface area contributed by atoms with E-state index in [2.05, 4.69) is 51.7 Å². The minimum Gasteiger partial charge on any atom is -0.444 e. The minimum absolute atomic E-state index is 0.0364. The quantitative estimate of drug-likeness (QED) is 0.759. The van der Waals surface area contributed by atoms with E-state index in [9.17, 15) is 0 Å². The average molecular weight is 243 g/mol. The molecule has 96 valence electrons. The second-order valence-corrected chi connectivity index (χ2v) is 6.00. The number of hydrogen-bond acceptors (Lipinski definition) is 2. The molecule has 0 radical (unpaired) electrons. The zero-order valence-corrected chi connectivity index (χ0v) is 11.8. The van der Waals surface area contributed by atoms with Crippen LogP contribution in [-0.2, 0) is 5.41 Å². The highest BCUT2D eigenvalue weighted by molar-refractivity contribution is 5.62. The van der Waals surface area contributed by atoms with Crippen LogP contribution in [0.2, 0.25) is 0 Å². The summed E-state index contributed by atoms with van der Waals surface area (Å²) < 4.78 is 5.98. The second kappa shape index (κ2) is 4.60. The molecular formula is C16H21NO. The molecule has 2 nitrogen and oxygen atoms in total. The van der Waals surface area contributed by atoms with Crippen molar-refractivity contribution in [2.24, 2.45) is 0 Å². The van der Waals surface area contributed by atoms with Crippen LogP contribution < -0.4 is 0 Å². The zero-order valence-electron chi connectivity index (χ0n) is 11.8. The Hall–Kier alpha value is -1.57. The first-order valence-electron chi connectivity index (χ1n) is 6.46. The second-order valence-electron chi connectivity index (χ2n) is 6.00. The Morgan fingerprint density at radius 3 is 2.17 bits per heavy atom. The summed E-state index contributed by atoms with van der Waals surface area (Å²) in [5, 5.41) is 0. The van der Waals surface area contributed by atoms with E-state index in [1.165, 1.54) is 0 Å². The molecule has 0 saturated heterocycles. The van der Waals surface area contributed by atoms with Crippen LogP contribution in [0.4, 0.5) is 0 Å². The molecule has 0 atom stereocenters. The molecule has 1 aromatic carbocycles. The molecule has 2 aromatic rings. The van der Waals surface area contributed by atoms with Crippen LogP contribution in [-0.4, -0.2) is 4.98 Å². The third-order valence-electron chi connectivity index (χ3n) is 2.87. The van der Waals surface area contributed by atoms with E-state index in [1.54, 1.807) is 0 Å². The lowest BCUT2D eigenvalue weighted by atomic mass is 9.90. The molecule has 2 rings (SSSR count). The first-order valence-corrected chi connectivity index (χ1v) is 6.46. The van der Waals surface area contributed by atoms with Gasteiger partial charge in [0, 0.05) is 16.9 Å². The molecule has 0 N–H and O–H groups in total. The third kappa shape index (κ3) is 2.47. The Labute approximate surface area is 109 Å². The maximum absolute atomic E-state index is 5.98. The Morgan fingerprint density at radius 2 is 1.67 bits per heavy atom. The fourth-order valence-corrected chi connectivity index (χ4v) is 1.88. The van der Waals surface area contributed by atoms with Gasteiger partial charge in [0.05, 0.1) is 0 Å². The molecule has 0 amide bonds. The fourth-order valence-electron chi connectivity index (χ4n) is 1.88. The van der Waals surface area contributed by atoms with Gasteiger partial charge in [-0.15, -0.1) is 0 Å². The average Bonchev–Trinajstić information content (AvgIpc) is 2.74. The molecule has 0 aliphatic rings. The monoisotopic (exact) mass is 243 g/mol. The summed E-state index contributed by atoms with van der Waals surface area (Å²) in [4.78, 5) is 4.68. The summed E-state index contributed by atoms with van der Waals surface area (Å²) >= 11 is 0. The number of oxazole rings is 1. The summed E-state index contributed by atoms with van der Waals surface area (Å²) in [6.07, 6.45) is 0. The summed E-state index contributed by atoms with van der Waals surface area (Å²) in [6, 6.07) is 10.2. The highest BCUT2D eigenvalue weighted by atomic mass is 16.4.